The summed E-state index contributed by atoms with van der Waals surface area (Å²) in [6, 6.07) is 9.90. The molecule has 17 heavy (non-hydrogen) atoms. The maximum absolute atomic E-state index is 6.01. The zero-order valence-electron chi connectivity index (χ0n) is 9.48. The number of rotatable bonds is 3. The molecule has 0 atom stereocenters. The summed E-state index contributed by atoms with van der Waals surface area (Å²) < 4.78 is 0. The number of hydrogen-bond donors (Lipinski definition) is 1. The van der Waals surface area contributed by atoms with Crippen molar-refractivity contribution < 1.29 is 0 Å². The third-order valence-electron chi connectivity index (χ3n) is 2.39. The van der Waals surface area contributed by atoms with E-state index < -0.39 is 0 Å². The van der Waals surface area contributed by atoms with Crippen LogP contribution in [0.1, 0.15) is 11.1 Å². The average Bonchev–Trinajstić information content (AvgIpc) is 2.32. The van der Waals surface area contributed by atoms with E-state index in [1.165, 1.54) is 5.56 Å². The Hall–Kier alpha value is -1.19. The lowest BCUT2D eigenvalue weighted by molar-refractivity contribution is 1.25. The van der Waals surface area contributed by atoms with Gasteiger partial charge in [0.05, 0.1) is 0 Å². The SMILES string of the molecule is Cc1ccc(N)c(SCc2cccnc2Cl)c1. The van der Waals surface area contributed by atoms with Crippen LogP contribution in [0.4, 0.5) is 5.69 Å². The first kappa shape index (κ1) is 12.3. The highest BCUT2D eigenvalue weighted by Gasteiger charge is 2.04. The van der Waals surface area contributed by atoms with Gasteiger partial charge in [0, 0.05) is 22.5 Å². The molecular formula is C13H13ClN2S. The van der Waals surface area contributed by atoms with Crippen LogP contribution in [0, 0.1) is 6.92 Å². The third-order valence-corrected chi connectivity index (χ3v) is 3.85. The van der Waals surface area contributed by atoms with Gasteiger partial charge in [0.1, 0.15) is 5.15 Å². The van der Waals surface area contributed by atoms with Crippen molar-refractivity contribution in [1.82, 2.24) is 4.98 Å². The molecule has 0 amide bonds. The van der Waals surface area contributed by atoms with Gasteiger partial charge in [-0.2, -0.15) is 0 Å². The Morgan fingerprint density at radius 1 is 1.35 bits per heavy atom. The van der Waals surface area contributed by atoms with Crippen molar-refractivity contribution in [3.05, 3.63) is 52.8 Å². The second kappa shape index (κ2) is 5.43. The molecule has 0 aliphatic heterocycles. The molecule has 1 aromatic heterocycles. The van der Waals surface area contributed by atoms with Gasteiger partial charge < -0.3 is 5.73 Å². The number of nitrogen functional groups attached to an aromatic ring is 1. The first-order valence-electron chi connectivity index (χ1n) is 5.25. The molecular weight excluding hydrogens is 252 g/mol. The number of anilines is 1. The zero-order chi connectivity index (χ0) is 12.3. The Balaban J connectivity index is 2.12. The van der Waals surface area contributed by atoms with Gasteiger partial charge in [0.15, 0.2) is 0 Å². The number of aromatic nitrogens is 1. The summed E-state index contributed by atoms with van der Waals surface area (Å²) in [7, 11) is 0. The van der Waals surface area contributed by atoms with Crippen LogP contribution >= 0.6 is 23.4 Å². The van der Waals surface area contributed by atoms with Crippen LogP contribution in [-0.2, 0) is 5.75 Å². The summed E-state index contributed by atoms with van der Waals surface area (Å²) in [5, 5.41) is 0.561. The second-order valence-electron chi connectivity index (χ2n) is 3.78. The molecule has 0 saturated carbocycles. The van der Waals surface area contributed by atoms with E-state index in [4.69, 9.17) is 17.3 Å². The number of benzene rings is 1. The molecule has 0 aliphatic carbocycles. The standard InChI is InChI=1S/C13H13ClN2S/c1-9-4-5-11(15)12(7-9)17-8-10-3-2-6-16-13(10)14/h2-7H,8,15H2,1H3. The van der Waals surface area contributed by atoms with Gasteiger partial charge in [0.2, 0.25) is 0 Å². The summed E-state index contributed by atoms with van der Waals surface area (Å²) in [6.07, 6.45) is 1.69. The van der Waals surface area contributed by atoms with E-state index in [0.29, 0.717) is 5.15 Å². The Labute approximate surface area is 110 Å². The van der Waals surface area contributed by atoms with Crippen LogP contribution in [0.2, 0.25) is 5.15 Å². The van der Waals surface area contributed by atoms with Crippen LogP contribution in [0.5, 0.6) is 0 Å². The van der Waals surface area contributed by atoms with Gasteiger partial charge in [-0.15, -0.1) is 11.8 Å². The minimum Gasteiger partial charge on any atom is -0.398 e. The summed E-state index contributed by atoms with van der Waals surface area (Å²) in [6.45, 7) is 2.06. The number of halogens is 1. The lowest BCUT2D eigenvalue weighted by Gasteiger charge is -2.07. The molecule has 0 saturated heterocycles. The van der Waals surface area contributed by atoms with E-state index in [9.17, 15) is 0 Å². The maximum atomic E-state index is 6.01. The number of thioether (sulfide) groups is 1. The number of nitrogens with two attached hydrogens (primary N) is 1. The molecule has 2 rings (SSSR count). The van der Waals surface area contributed by atoms with Crippen molar-refractivity contribution in [1.29, 1.82) is 0 Å². The summed E-state index contributed by atoms with van der Waals surface area (Å²) in [5.74, 6) is 0.778. The van der Waals surface area contributed by atoms with E-state index in [1.807, 2.05) is 24.3 Å². The van der Waals surface area contributed by atoms with Gasteiger partial charge in [0.25, 0.3) is 0 Å². The Morgan fingerprint density at radius 2 is 2.18 bits per heavy atom. The Kier molecular flexibility index (Phi) is 3.92. The van der Waals surface area contributed by atoms with Gasteiger partial charge in [-0.1, -0.05) is 23.7 Å². The molecule has 1 heterocycles. The molecule has 2 N–H and O–H groups in total. The summed E-state index contributed by atoms with van der Waals surface area (Å²) >= 11 is 7.68. The number of nitrogens with zero attached hydrogens (tertiary/aromatic N) is 1. The molecule has 88 valence electrons. The normalized spacial score (nSPS) is 10.5. The van der Waals surface area contributed by atoms with Gasteiger partial charge in [-0.25, -0.2) is 4.98 Å². The quantitative estimate of drug-likeness (QED) is 0.519. The van der Waals surface area contributed by atoms with E-state index in [2.05, 4.69) is 18.0 Å². The number of hydrogen-bond acceptors (Lipinski definition) is 3. The molecule has 1 aromatic carbocycles. The van der Waals surface area contributed by atoms with Crippen molar-refractivity contribution in [2.75, 3.05) is 5.73 Å². The smallest absolute Gasteiger partial charge is 0.133 e. The minimum absolute atomic E-state index is 0.561. The van der Waals surface area contributed by atoms with Gasteiger partial charge in [-0.05, 0) is 36.2 Å². The molecule has 0 bridgehead atoms. The Morgan fingerprint density at radius 3 is 2.94 bits per heavy atom. The first-order valence-corrected chi connectivity index (χ1v) is 6.61. The summed E-state index contributed by atoms with van der Waals surface area (Å²) in [4.78, 5) is 5.14. The Bertz CT molecular complexity index is 529. The molecule has 0 radical (unpaired) electrons. The lowest BCUT2D eigenvalue weighted by Crippen LogP contribution is -1.90. The second-order valence-corrected chi connectivity index (χ2v) is 5.16. The number of aryl methyl sites for hydroxylation is 1. The van der Waals surface area contributed by atoms with Crippen molar-refractivity contribution in [3.63, 3.8) is 0 Å². The highest BCUT2D eigenvalue weighted by Crippen LogP contribution is 2.30. The fraction of sp³-hybridized carbons (Fsp3) is 0.154. The fourth-order valence-corrected chi connectivity index (χ4v) is 2.76. The van der Waals surface area contributed by atoms with E-state index in [1.54, 1.807) is 18.0 Å². The van der Waals surface area contributed by atoms with Gasteiger partial charge in [-0.3, -0.25) is 0 Å². The fourth-order valence-electron chi connectivity index (χ4n) is 1.45. The van der Waals surface area contributed by atoms with Gasteiger partial charge >= 0.3 is 0 Å². The first-order chi connectivity index (χ1) is 8.16. The van der Waals surface area contributed by atoms with Crippen LogP contribution in [0.25, 0.3) is 0 Å². The topological polar surface area (TPSA) is 38.9 Å². The molecule has 2 aromatic rings. The largest absolute Gasteiger partial charge is 0.398 e. The highest BCUT2D eigenvalue weighted by molar-refractivity contribution is 7.98. The molecule has 2 nitrogen and oxygen atoms in total. The van der Waals surface area contributed by atoms with Crippen LogP contribution in [-0.4, -0.2) is 4.98 Å². The van der Waals surface area contributed by atoms with Crippen LogP contribution in [0.3, 0.4) is 0 Å². The number of pyridine rings is 1. The highest BCUT2D eigenvalue weighted by atomic mass is 35.5. The molecule has 0 fully saturated rings. The third kappa shape index (κ3) is 3.14. The predicted molar refractivity (Wildman–Crippen MR) is 74.4 cm³/mol. The van der Waals surface area contributed by atoms with Crippen molar-refractivity contribution in [2.24, 2.45) is 0 Å². The van der Waals surface area contributed by atoms with E-state index >= 15 is 0 Å². The van der Waals surface area contributed by atoms with E-state index in [-0.39, 0.29) is 0 Å². The monoisotopic (exact) mass is 264 g/mol. The minimum atomic E-state index is 0.561. The van der Waals surface area contributed by atoms with E-state index in [0.717, 1.165) is 21.9 Å². The lowest BCUT2D eigenvalue weighted by atomic mass is 10.2. The van der Waals surface area contributed by atoms with Crippen molar-refractivity contribution >= 4 is 29.1 Å². The van der Waals surface area contributed by atoms with Crippen LogP contribution in [0.15, 0.2) is 41.4 Å². The average molecular weight is 265 g/mol. The van der Waals surface area contributed by atoms with Crippen molar-refractivity contribution in [3.8, 4) is 0 Å². The molecule has 4 heteroatoms. The van der Waals surface area contributed by atoms with Crippen molar-refractivity contribution in [2.45, 2.75) is 17.6 Å². The zero-order valence-corrected chi connectivity index (χ0v) is 11.1. The maximum Gasteiger partial charge on any atom is 0.133 e. The molecule has 0 aliphatic rings. The predicted octanol–water partition coefficient (Wildman–Crippen LogP) is 3.92. The van der Waals surface area contributed by atoms with Crippen LogP contribution < -0.4 is 5.73 Å². The molecule has 0 unspecified atom stereocenters. The summed E-state index contributed by atoms with van der Waals surface area (Å²) in [5.41, 5.74) is 8.96. The molecule has 0 spiro atoms.